The van der Waals surface area contributed by atoms with Crippen LogP contribution in [0, 0.1) is 0 Å². The van der Waals surface area contributed by atoms with E-state index in [-0.39, 0.29) is 6.54 Å². The lowest BCUT2D eigenvalue weighted by Gasteiger charge is -2.14. The maximum absolute atomic E-state index is 12.6. The van der Waals surface area contributed by atoms with E-state index in [0.717, 1.165) is 27.8 Å². The van der Waals surface area contributed by atoms with Crippen LogP contribution in [-0.4, -0.2) is 35.6 Å². The summed E-state index contributed by atoms with van der Waals surface area (Å²) in [5.41, 5.74) is 2.31. The van der Waals surface area contributed by atoms with Crippen LogP contribution in [-0.2, 0) is 9.59 Å². The zero-order valence-corrected chi connectivity index (χ0v) is 16.9. The van der Waals surface area contributed by atoms with Crippen molar-refractivity contribution in [1.29, 1.82) is 0 Å². The molecule has 0 aromatic heterocycles. The Balaban J connectivity index is 1.68. The molecule has 6 nitrogen and oxygen atoms in total. The molecule has 1 heterocycles. The third-order valence-electron chi connectivity index (χ3n) is 4.11. The average Bonchev–Trinajstić information content (AvgIpc) is 2.96. The van der Waals surface area contributed by atoms with E-state index in [0.29, 0.717) is 16.3 Å². The van der Waals surface area contributed by atoms with Gasteiger partial charge in [0.2, 0.25) is 5.91 Å². The quantitative estimate of drug-likeness (QED) is 0.721. The Labute approximate surface area is 173 Å². The lowest BCUT2D eigenvalue weighted by molar-refractivity contribution is -0.127. The number of carbonyl (C=O) groups is 3. The molecule has 2 aromatic rings. The minimum Gasteiger partial charge on any atom is -0.495 e. The summed E-state index contributed by atoms with van der Waals surface area (Å²) in [5, 5.41) is 2.20. The number of methoxy groups -OCH3 is 1. The normalized spacial score (nSPS) is 15.7. The first-order valence-electron chi connectivity index (χ1n) is 8.89. The molecule has 0 radical (unpaired) electrons. The lowest BCUT2D eigenvalue weighted by atomic mass is 10.1. The first-order chi connectivity index (χ1) is 14.0. The van der Waals surface area contributed by atoms with E-state index in [1.165, 1.54) is 7.11 Å². The highest BCUT2D eigenvalue weighted by Crippen LogP contribution is 2.32. The smallest absolute Gasteiger partial charge is 0.294 e. The molecule has 148 valence electrons. The van der Waals surface area contributed by atoms with Crippen LogP contribution in [0.2, 0.25) is 0 Å². The number of ether oxygens (including phenoxy) is 1. The molecule has 0 aliphatic carbocycles. The highest BCUT2D eigenvalue weighted by molar-refractivity contribution is 8.18. The molecule has 1 aliphatic rings. The fraction of sp³-hybridized carbons (Fsp3) is 0.136. The predicted octanol–water partition coefficient (Wildman–Crippen LogP) is 4.32. The van der Waals surface area contributed by atoms with Crippen LogP contribution in [0.4, 0.5) is 10.5 Å². The van der Waals surface area contributed by atoms with Gasteiger partial charge in [0.15, 0.2) is 0 Å². The SMILES string of the molecule is COc1ccccc1NC(=O)CN1C(=O)S/C(=C/C(C)=C/c2ccccc2)C1=O. The number of nitrogens with one attached hydrogen (secondary N) is 1. The second kappa shape index (κ2) is 9.25. The third-order valence-corrected chi connectivity index (χ3v) is 5.02. The zero-order chi connectivity index (χ0) is 20.8. The van der Waals surface area contributed by atoms with E-state index < -0.39 is 17.1 Å². The number of rotatable bonds is 6. The van der Waals surface area contributed by atoms with E-state index in [1.54, 1.807) is 30.3 Å². The van der Waals surface area contributed by atoms with Crippen LogP contribution in [0.15, 0.2) is 71.2 Å². The van der Waals surface area contributed by atoms with Gasteiger partial charge < -0.3 is 10.1 Å². The van der Waals surface area contributed by atoms with Crippen molar-refractivity contribution in [3.05, 3.63) is 76.7 Å². The molecule has 1 aliphatic heterocycles. The second-order valence-electron chi connectivity index (χ2n) is 6.32. The van der Waals surface area contributed by atoms with Gasteiger partial charge in [-0.05, 0) is 48.0 Å². The Hall–Kier alpha value is -3.32. The fourth-order valence-corrected chi connectivity index (χ4v) is 3.67. The number of anilines is 1. The zero-order valence-electron chi connectivity index (χ0n) is 16.0. The van der Waals surface area contributed by atoms with Crippen molar-refractivity contribution in [2.24, 2.45) is 0 Å². The molecule has 1 saturated heterocycles. The highest BCUT2D eigenvalue weighted by atomic mass is 32.2. The highest BCUT2D eigenvalue weighted by Gasteiger charge is 2.36. The molecule has 1 fully saturated rings. The molecule has 3 amide bonds. The maximum Gasteiger partial charge on any atom is 0.294 e. The van der Waals surface area contributed by atoms with Gasteiger partial charge >= 0.3 is 0 Å². The van der Waals surface area contributed by atoms with Gasteiger partial charge in [-0.25, -0.2) is 0 Å². The molecule has 7 heteroatoms. The van der Waals surface area contributed by atoms with Gasteiger partial charge in [-0.1, -0.05) is 48.5 Å². The molecule has 3 rings (SSSR count). The third kappa shape index (κ3) is 5.14. The van der Waals surface area contributed by atoms with Crippen molar-refractivity contribution in [3.63, 3.8) is 0 Å². The number of hydrogen-bond donors (Lipinski definition) is 1. The summed E-state index contributed by atoms with van der Waals surface area (Å²) in [6.07, 6.45) is 3.58. The number of para-hydroxylation sites is 2. The van der Waals surface area contributed by atoms with Crippen LogP contribution in [0.1, 0.15) is 12.5 Å². The van der Waals surface area contributed by atoms with Crippen LogP contribution >= 0.6 is 11.8 Å². The molecule has 0 saturated carbocycles. The van der Waals surface area contributed by atoms with Crippen molar-refractivity contribution in [2.45, 2.75) is 6.92 Å². The van der Waals surface area contributed by atoms with E-state index >= 15 is 0 Å². The van der Waals surface area contributed by atoms with E-state index in [4.69, 9.17) is 4.74 Å². The number of hydrogen-bond acceptors (Lipinski definition) is 5. The van der Waals surface area contributed by atoms with Crippen molar-refractivity contribution < 1.29 is 19.1 Å². The van der Waals surface area contributed by atoms with Gasteiger partial charge in [-0.15, -0.1) is 0 Å². The second-order valence-corrected chi connectivity index (χ2v) is 7.31. The molecule has 0 spiro atoms. The summed E-state index contributed by atoms with van der Waals surface area (Å²) in [6, 6.07) is 16.6. The molecule has 29 heavy (non-hydrogen) atoms. The first kappa shape index (κ1) is 20.4. The Morgan fingerprint density at radius 1 is 1.10 bits per heavy atom. The van der Waals surface area contributed by atoms with Gasteiger partial charge in [-0.2, -0.15) is 0 Å². The number of nitrogens with zero attached hydrogens (tertiary/aromatic N) is 1. The Kier molecular flexibility index (Phi) is 6.51. The number of benzene rings is 2. The minimum atomic E-state index is -0.477. The summed E-state index contributed by atoms with van der Waals surface area (Å²) in [5.74, 6) is -0.456. The Morgan fingerprint density at radius 2 is 1.79 bits per heavy atom. The Bertz CT molecular complexity index is 999. The van der Waals surface area contributed by atoms with E-state index in [1.807, 2.05) is 43.3 Å². The van der Waals surface area contributed by atoms with E-state index in [2.05, 4.69) is 5.32 Å². The first-order valence-corrected chi connectivity index (χ1v) is 9.71. The molecule has 2 aromatic carbocycles. The van der Waals surface area contributed by atoms with Gasteiger partial charge in [0.05, 0.1) is 17.7 Å². The standard InChI is InChI=1S/C22H20N2O4S/c1-15(12-16-8-4-3-5-9-16)13-19-21(26)24(22(27)29-19)14-20(25)23-17-10-6-7-11-18(17)28-2/h3-13H,14H2,1-2H3,(H,23,25)/b15-12+,19-13+. The minimum absolute atomic E-state index is 0.296. The largest absolute Gasteiger partial charge is 0.495 e. The number of imide groups is 1. The van der Waals surface area contributed by atoms with Crippen molar-refractivity contribution in [3.8, 4) is 5.75 Å². The van der Waals surface area contributed by atoms with Crippen molar-refractivity contribution in [2.75, 3.05) is 19.0 Å². The monoisotopic (exact) mass is 408 g/mol. The molecular weight excluding hydrogens is 388 g/mol. The van der Waals surface area contributed by atoms with Gasteiger partial charge in [0.25, 0.3) is 11.1 Å². The molecule has 0 unspecified atom stereocenters. The van der Waals surface area contributed by atoms with Gasteiger partial charge in [0.1, 0.15) is 12.3 Å². The Morgan fingerprint density at radius 3 is 2.52 bits per heavy atom. The summed E-state index contributed by atoms with van der Waals surface area (Å²) in [4.78, 5) is 38.4. The topological polar surface area (TPSA) is 75.7 Å². The number of allylic oxidation sites excluding steroid dienone is 2. The molecule has 1 N–H and O–H groups in total. The van der Waals surface area contributed by atoms with Crippen LogP contribution < -0.4 is 10.1 Å². The summed E-state index contributed by atoms with van der Waals surface area (Å²) < 4.78 is 5.19. The molecular formula is C22H20N2O4S. The van der Waals surface area contributed by atoms with Crippen molar-refractivity contribution >= 4 is 40.6 Å². The average molecular weight is 408 g/mol. The van der Waals surface area contributed by atoms with Crippen LogP contribution in [0.5, 0.6) is 5.75 Å². The van der Waals surface area contributed by atoms with E-state index in [9.17, 15) is 14.4 Å². The molecule has 0 atom stereocenters. The van der Waals surface area contributed by atoms with Crippen molar-refractivity contribution in [1.82, 2.24) is 4.90 Å². The van der Waals surface area contributed by atoms with Crippen LogP contribution in [0.25, 0.3) is 6.08 Å². The van der Waals surface area contributed by atoms with Crippen LogP contribution in [0.3, 0.4) is 0 Å². The fourth-order valence-electron chi connectivity index (χ4n) is 2.78. The number of carbonyl (C=O) groups excluding carboxylic acids is 3. The summed E-state index contributed by atoms with van der Waals surface area (Å²) in [6.45, 7) is 1.50. The summed E-state index contributed by atoms with van der Waals surface area (Å²) >= 11 is 0.830. The number of amides is 3. The number of thioether (sulfide) groups is 1. The predicted molar refractivity (Wildman–Crippen MR) is 114 cm³/mol. The maximum atomic E-state index is 12.6. The lowest BCUT2D eigenvalue weighted by Crippen LogP contribution is -2.36. The molecule has 0 bridgehead atoms. The van der Waals surface area contributed by atoms with Gasteiger partial charge in [0, 0.05) is 0 Å². The summed E-state index contributed by atoms with van der Waals surface area (Å²) in [7, 11) is 1.50. The van der Waals surface area contributed by atoms with Gasteiger partial charge in [-0.3, -0.25) is 19.3 Å².